The van der Waals surface area contributed by atoms with Gasteiger partial charge in [-0.25, -0.2) is 9.59 Å². The van der Waals surface area contributed by atoms with Crippen LogP contribution in [0.25, 0.3) is 0 Å². The maximum atomic E-state index is 13.5. The van der Waals surface area contributed by atoms with Crippen molar-refractivity contribution in [1.82, 2.24) is 0 Å². The molecule has 0 unspecified atom stereocenters. The first-order chi connectivity index (χ1) is 28.5. The van der Waals surface area contributed by atoms with Crippen molar-refractivity contribution in [2.24, 2.45) is 0 Å². The molecule has 5 atom stereocenters. The normalized spacial score (nSPS) is 21.2. The molecule has 1 aliphatic heterocycles. The molecule has 0 bridgehead atoms. The number of hydrogen-bond acceptors (Lipinski definition) is 11. The van der Waals surface area contributed by atoms with Crippen LogP contribution in [0.15, 0.2) is 84.4 Å². The SMILES string of the molecule is COc1ccc(CO[C@H]2CC(C[C@H]3C[C@H](C[C@@H](CCO[Si](C)(C)C(C)(C)C)OC(=O)c4ccc(OC)cc4)OC(C)(C)O3)=CC[C@H](OC(=O)c3ccc(OC)cc3)C2)cc1. The van der Waals surface area contributed by atoms with Crippen LogP contribution in [0.4, 0.5) is 0 Å². The van der Waals surface area contributed by atoms with Gasteiger partial charge in [0, 0.05) is 38.7 Å². The summed E-state index contributed by atoms with van der Waals surface area (Å²) in [5.41, 5.74) is 3.11. The summed E-state index contributed by atoms with van der Waals surface area (Å²) in [4.78, 5) is 26.8. The van der Waals surface area contributed by atoms with Gasteiger partial charge in [-0.15, -0.1) is 0 Å². The molecule has 0 saturated carbocycles. The molecule has 5 rings (SSSR count). The van der Waals surface area contributed by atoms with Crippen molar-refractivity contribution in [2.75, 3.05) is 27.9 Å². The standard InChI is InChI=1S/C48H66O11Si/c1-47(2,3)60(9,10)55-26-25-41(57-46(50)36-16-23-39(53-8)24-17-36)30-44-31-43(58-48(4,5)59-44)28-34-13-20-40(56-45(49)35-14-21-38(52-7)22-15-35)29-42(27-34)54-32-33-11-18-37(51-6)19-12-33/h11-19,21-24,40-44H,20,25-32H2,1-10H3/t40-,41+,42-,43-,44-/m0/s1. The van der Waals surface area contributed by atoms with E-state index >= 15 is 0 Å². The smallest absolute Gasteiger partial charge is 0.338 e. The van der Waals surface area contributed by atoms with Gasteiger partial charge in [0.25, 0.3) is 0 Å². The lowest BCUT2D eigenvalue weighted by Gasteiger charge is -2.42. The molecule has 1 saturated heterocycles. The zero-order chi connectivity index (χ0) is 43.5. The van der Waals surface area contributed by atoms with Crippen LogP contribution >= 0.6 is 0 Å². The third-order valence-electron chi connectivity index (χ3n) is 11.7. The topological polar surface area (TPSA) is 117 Å². The lowest BCUT2D eigenvalue weighted by Crippen LogP contribution is -2.46. The monoisotopic (exact) mass is 846 g/mol. The Morgan fingerprint density at radius 3 is 1.88 bits per heavy atom. The Kier molecular flexibility index (Phi) is 16.4. The van der Waals surface area contributed by atoms with Crippen molar-refractivity contribution in [1.29, 1.82) is 0 Å². The van der Waals surface area contributed by atoms with E-state index in [9.17, 15) is 9.59 Å². The minimum atomic E-state index is -2.03. The van der Waals surface area contributed by atoms with Gasteiger partial charge in [0.05, 0.1) is 57.4 Å². The molecule has 3 aromatic carbocycles. The van der Waals surface area contributed by atoms with Crippen LogP contribution in [-0.2, 0) is 34.7 Å². The molecule has 0 amide bonds. The average molecular weight is 847 g/mol. The van der Waals surface area contributed by atoms with E-state index in [2.05, 4.69) is 39.9 Å². The van der Waals surface area contributed by atoms with Crippen LogP contribution in [0.2, 0.25) is 18.1 Å². The fourth-order valence-corrected chi connectivity index (χ4v) is 8.39. The second kappa shape index (κ2) is 21.1. The summed E-state index contributed by atoms with van der Waals surface area (Å²) < 4.78 is 54.4. The first-order valence-electron chi connectivity index (χ1n) is 21.1. The minimum Gasteiger partial charge on any atom is -0.497 e. The molecular formula is C48H66O11Si. The highest BCUT2D eigenvalue weighted by Gasteiger charge is 2.40. The summed E-state index contributed by atoms with van der Waals surface area (Å²) in [5.74, 6) is 0.456. The number of esters is 2. The van der Waals surface area contributed by atoms with Crippen molar-refractivity contribution in [2.45, 2.75) is 141 Å². The Balaban J connectivity index is 1.30. The Bertz CT molecular complexity index is 1850. The molecule has 3 aromatic rings. The third-order valence-corrected chi connectivity index (χ3v) is 16.2. The number of benzene rings is 3. The summed E-state index contributed by atoms with van der Waals surface area (Å²) >= 11 is 0. The molecular weight excluding hydrogens is 781 g/mol. The van der Waals surface area contributed by atoms with E-state index in [-0.39, 0.29) is 35.4 Å². The summed E-state index contributed by atoms with van der Waals surface area (Å²) in [6.07, 6.45) is 4.75. The maximum Gasteiger partial charge on any atom is 0.338 e. The Morgan fingerprint density at radius 2 is 1.32 bits per heavy atom. The van der Waals surface area contributed by atoms with Crippen LogP contribution < -0.4 is 14.2 Å². The van der Waals surface area contributed by atoms with Crippen LogP contribution in [0.3, 0.4) is 0 Å². The zero-order valence-electron chi connectivity index (χ0n) is 37.2. The molecule has 0 N–H and O–H groups in total. The maximum absolute atomic E-state index is 13.5. The summed E-state index contributed by atoms with van der Waals surface area (Å²) in [6.45, 7) is 15.8. The van der Waals surface area contributed by atoms with E-state index in [0.29, 0.717) is 80.8 Å². The second-order valence-electron chi connectivity index (χ2n) is 17.8. The van der Waals surface area contributed by atoms with Crippen molar-refractivity contribution < 1.29 is 51.9 Å². The van der Waals surface area contributed by atoms with Gasteiger partial charge < -0.3 is 42.3 Å². The lowest BCUT2D eigenvalue weighted by atomic mass is 9.94. The van der Waals surface area contributed by atoms with Gasteiger partial charge in [-0.3, -0.25) is 0 Å². The van der Waals surface area contributed by atoms with E-state index in [0.717, 1.165) is 11.3 Å². The van der Waals surface area contributed by atoms with Crippen LogP contribution in [0.1, 0.15) is 106 Å². The van der Waals surface area contributed by atoms with E-state index in [1.165, 1.54) is 5.57 Å². The number of methoxy groups -OCH3 is 3. The fourth-order valence-electron chi connectivity index (χ4n) is 7.33. The molecule has 1 heterocycles. The van der Waals surface area contributed by atoms with Crippen LogP contribution in [-0.4, -0.2) is 84.5 Å². The Morgan fingerprint density at radius 1 is 0.767 bits per heavy atom. The number of hydrogen-bond donors (Lipinski definition) is 0. The highest BCUT2D eigenvalue weighted by molar-refractivity contribution is 6.74. The molecule has 60 heavy (non-hydrogen) atoms. The molecule has 0 radical (unpaired) electrons. The molecule has 0 aromatic heterocycles. The quantitative estimate of drug-likeness (QED) is 0.0692. The molecule has 1 fully saturated rings. The number of carbonyl (C=O) groups is 2. The van der Waals surface area contributed by atoms with Crippen molar-refractivity contribution >= 4 is 20.3 Å². The number of rotatable bonds is 18. The molecule has 12 heteroatoms. The van der Waals surface area contributed by atoms with Crippen LogP contribution in [0, 0.1) is 0 Å². The average Bonchev–Trinajstić information content (AvgIpc) is 3.40. The summed E-state index contributed by atoms with van der Waals surface area (Å²) in [7, 11) is 2.80. The first kappa shape index (κ1) is 46.9. The predicted octanol–water partition coefficient (Wildman–Crippen LogP) is 10.3. The van der Waals surface area contributed by atoms with Gasteiger partial charge >= 0.3 is 11.9 Å². The largest absolute Gasteiger partial charge is 0.497 e. The van der Waals surface area contributed by atoms with E-state index in [1.807, 2.05) is 38.1 Å². The van der Waals surface area contributed by atoms with Crippen molar-refractivity contribution in [3.8, 4) is 17.2 Å². The van der Waals surface area contributed by atoms with Crippen molar-refractivity contribution in [3.05, 3.63) is 101 Å². The second-order valence-corrected chi connectivity index (χ2v) is 22.6. The summed E-state index contributed by atoms with van der Waals surface area (Å²) in [6, 6.07) is 21.7. The molecule has 2 aliphatic rings. The Hall–Kier alpha value is -4.20. The van der Waals surface area contributed by atoms with Gasteiger partial charge in [-0.05, 0) is 111 Å². The highest BCUT2D eigenvalue weighted by Crippen LogP contribution is 2.38. The van der Waals surface area contributed by atoms with E-state index in [4.69, 9.17) is 42.3 Å². The summed E-state index contributed by atoms with van der Waals surface area (Å²) in [5, 5.41) is 0.0496. The fraction of sp³-hybridized carbons (Fsp3) is 0.542. The third kappa shape index (κ3) is 13.9. The molecule has 1 aliphatic carbocycles. The zero-order valence-corrected chi connectivity index (χ0v) is 38.2. The molecule has 11 nitrogen and oxygen atoms in total. The molecule has 0 spiro atoms. The van der Waals surface area contributed by atoms with Gasteiger partial charge in [0.2, 0.25) is 0 Å². The van der Waals surface area contributed by atoms with E-state index < -0.39 is 26.2 Å². The first-order valence-corrected chi connectivity index (χ1v) is 24.0. The van der Waals surface area contributed by atoms with Gasteiger partial charge in [-0.2, -0.15) is 0 Å². The van der Waals surface area contributed by atoms with Gasteiger partial charge in [0.15, 0.2) is 14.1 Å². The number of ether oxygens (including phenoxy) is 8. The lowest BCUT2D eigenvalue weighted by molar-refractivity contribution is -0.302. The molecule has 328 valence electrons. The number of carbonyl (C=O) groups excluding carboxylic acids is 2. The highest BCUT2D eigenvalue weighted by atomic mass is 28.4. The Labute approximate surface area is 358 Å². The van der Waals surface area contributed by atoms with Crippen LogP contribution in [0.5, 0.6) is 17.2 Å². The van der Waals surface area contributed by atoms with Gasteiger partial charge in [0.1, 0.15) is 29.5 Å². The van der Waals surface area contributed by atoms with Gasteiger partial charge in [-0.1, -0.05) is 44.6 Å². The minimum absolute atomic E-state index is 0.0496. The van der Waals surface area contributed by atoms with Crippen molar-refractivity contribution in [3.63, 3.8) is 0 Å². The predicted molar refractivity (Wildman–Crippen MR) is 233 cm³/mol. The van der Waals surface area contributed by atoms with E-state index in [1.54, 1.807) is 69.9 Å².